The van der Waals surface area contributed by atoms with Gasteiger partial charge in [-0.2, -0.15) is 0 Å². The lowest BCUT2D eigenvalue weighted by atomic mass is 10.1. The number of allylic oxidation sites excluding steroid dienone is 1. The zero-order valence-corrected chi connectivity index (χ0v) is 7.48. The summed E-state index contributed by atoms with van der Waals surface area (Å²) in [5.74, 6) is 0. The van der Waals surface area contributed by atoms with E-state index in [2.05, 4.69) is 23.8 Å². The molecular weight excluding hydrogens is 136 g/mol. The van der Waals surface area contributed by atoms with Crippen LogP contribution in [0.5, 0.6) is 0 Å². The maximum absolute atomic E-state index is 3.84. The van der Waals surface area contributed by atoms with Crippen molar-refractivity contribution < 1.29 is 0 Å². The second kappa shape index (κ2) is 5.98. The van der Waals surface area contributed by atoms with Crippen LogP contribution in [-0.4, -0.2) is 20.1 Å². The normalized spacial score (nSPS) is 12.2. The molecule has 0 aliphatic rings. The summed E-state index contributed by atoms with van der Waals surface area (Å²) < 4.78 is 0. The molecule has 0 fully saturated rings. The van der Waals surface area contributed by atoms with E-state index in [1.54, 1.807) is 0 Å². The maximum atomic E-state index is 3.84. The van der Waals surface area contributed by atoms with Gasteiger partial charge >= 0.3 is 0 Å². The Labute approximate surface area is 69.4 Å². The Bertz CT molecular complexity index is 130. The third kappa shape index (κ3) is 4.62. The van der Waals surface area contributed by atoms with Crippen LogP contribution >= 0.6 is 0 Å². The quantitative estimate of drug-likeness (QED) is 0.563. The maximum Gasteiger partial charge on any atom is 0.0248 e. The Morgan fingerprint density at radius 1 is 1.55 bits per heavy atom. The highest BCUT2D eigenvalue weighted by molar-refractivity contribution is 4.93. The number of nitrogens with one attached hydrogen (secondary N) is 2. The van der Waals surface area contributed by atoms with Crippen molar-refractivity contribution in [2.24, 2.45) is 0 Å². The largest absolute Gasteiger partial charge is 0.392 e. The molecule has 0 aromatic carbocycles. The molecule has 0 radical (unpaired) electrons. The zero-order chi connectivity index (χ0) is 8.69. The molecule has 0 bridgehead atoms. The SMILES string of the molecule is C=CC(CCC(=C)NC)NC. The molecule has 64 valence electrons. The van der Waals surface area contributed by atoms with Crippen LogP contribution < -0.4 is 10.6 Å². The van der Waals surface area contributed by atoms with Crippen LogP contribution in [0.1, 0.15) is 12.8 Å². The van der Waals surface area contributed by atoms with E-state index in [-0.39, 0.29) is 0 Å². The van der Waals surface area contributed by atoms with E-state index in [9.17, 15) is 0 Å². The third-order valence-electron chi connectivity index (χ3n) is 1.77. The predicted molar refractivity (Wildman–Crippen MR) is 50.5 cm³/mol. The van der Waals surface area contributed by atoms with Crippen molar-refractivity contribution in [3.63, 3.8) is 0 Å². The van der Waals surface area contributed by atoms with E-state index in [1.807, 2.05) is 20.2 Å². The molecule has 0 aromatic heterocycles. The number of hydrogen-bond acceptors (Lipinski definition) is 2. The molecule has 1 atom stereocenters. The Morgan fingerprint density at radius 2 is 2.18 bits per heavy atom. The molecule has 0 aromatic rings. The fourth-order valence-electron chi connectivity index (χ4n) is 0.835. The average molecular weight is 154 g/mol. The van der Waals surface area contributed by atoms with E-state index in [4.69, 9.17) is 0 Å². The molecule has 0 amide bonds. The van der Waals surface area contributed by atoms with Crippen LogP contribution in [0.25, 0.3) is 0 Å². The number of rotatable bonds is 6. The molecule has 11 heavy (non-hydrogen) atoms. The lowest BCUT2D eigenvalue weighted by Crippen LogP contribution is -2.23. The standard InChI is InChI=1S/C9H18N2/c1-5-9(11-4)7-6-8(2)10-3/h5,9-11H,1-2,6-7H2,3-4H3. The summed E-state index contributed by atoms with van der Waals surface area (Å²) in [5.41, 5.74) is 1.08. The van der Waals surface area contributed by atoms with Crippen molar-refractivity contribution in [1.29, 1.82) is 0 Å². The minimum absolute atomic E-state index is 0.403. The molecule has 0 saturated carbocycles. The zero-order valence-electron chi connectivity index (χ0n) is 7.48. The van der Waals surface area contributed by atoms with E-state index >= 15 is 0 Å². The highest BCUT2D eigenvalue weighted by Crippen LogP contribution is 2.02. The first-order valence-corrected chi connectivity index (χ1v) is 3.90. The molecule has 0 aliphatic carbocycles. The Morgan fingerprint density at radius 3 is 2.55 bits per heavy atom. The smallest absolute Gasteiger partial charge is 0.0248 e. The highest BCUT2D eigenvalue weighted by Gasteiger charge is 1.99. The van der Waals surface area contributed by atoms with Gasteiger partial charge < -0.3 is 10.6 Å². The van der Waals surface area contributed by atoms with Gasteiger partial charge in [0.15, 0.2) is 0 Å². The molecule has 0 heterocycles. The van der Waals surface area contributed by atoms with Gasteiger partial charge in [-0.1, -0.05) is 12.7 Å². The summed E-state index contributed by atoms with van der Waals surface area (Å²) in [4.78, 5) is 0. The molecule has 2 N–H and O–H groups in total. The third-order valence-corrected chi connectivity index (χ3v) is 1.77. The van der Waals surface area contributed by atoms with Gasteiger partial charge in [0.25, 0.3) is 0 Å². The van der Waals surface area contributed by atoms with E-state index in [1.165, 1.54) is 0 Å². The summed E-state index contributed by atoms with van der Waals surface area (Å²) in [5, 5.41) is 6.16. The van der Waals surface area contributed by atoms with Crippen LogP contribution in [0.4, 0.5) is 0 Å². The van der Waals surface area contributed by atoms with Crippen molar-refractivity contribution >= 4 is 0 Å². The van der Waals surface area contributed by atoms with Gasteiger partial charge in [-0.05, 0) is 19.9 Å². The summed E-state index contributed by atoms with van der Waals surface area (Å²) in [7, 11) is 3.83. The van der Waals surface area contributed by atoms with Crippen molar-refractivity contribution in [1.82, 2.24) is 10.6 Å². The van der Waals surface area contributed by atoms with Crippen molar-refractivity contribution in [3.05, 3.63) is 24.9 Å². The summed E-state index contributed by atoms with van der Waals surface area (Å²) in [6.45, 7) is 7.56. The first kappa shape index (κ1) is 10.2. The van der Waals surface area contributed by atoms with Gasteiger partial charge in [-0.15, -0.1) is 6.58 Å². The molecule has 0 aliphatic heterocycles. The fourth-order valence-corrected chi connectivity index (χ4v) is 0.835. The van der Waals surface area contributed by atoms with E-state index < -0.39 is 0 Å². The van der Waals surface area contributed by atoms with Crippen LogP contribution in [-0.2, 0) is 0 Å². The van der Waals surface area contributed by atoms with Gasteiger partial charge in [0.05, 0.1) is 0 Å². The van der Waals surface area contributed by atoms with E-state index in [0.717, 1.165) is 18.5 Å². The van der Waals surface area contributed by atoms with Crippen LogP contribution in [0, 0.1) is 0 Å². The Kier molecular flexibility index (Phi) is 5.57. The molecular formula is C9H18N2. The van der Waals surface area contributed by atoms with Gasteiger partial charge in [0.1, 0.15) is 0 Å². The predicted octanol–water partition coefficient (Wildman–Crippen LogP) is 1.27. The average Bonchev–Trinajstić information content (AvgIpc) is 2.06. The minimum atomic E-state index is 0.403. The van der Waals surface area contributed by atoms with Crippen molar-refractivity contribution in [2.45, 2.75) is 18.9 Å². The lowest BCUT2D eigenvalue weighted by Gasteiger charge is -2.11. The molecule has 2 nitrogen and oxygen atoms in total. The molecule has 0 saturated heterocycles. The second-order valence-corrected chi connectivity index (χ2v) is 2.52. The minimum Gasteiger partial charge on any atom is -0.392 e. The number of likely N-dealkylation sites (N-methyl/N-ethyl adjacent to an activating group) is 1. The topological polar surface area (TPSA) is 24.1 Å². The van der Waals surface area contributed by atoms with Gasteiger partial charge in [-0.3, -0.25) is 0 Å². The van der Waals surface area contributed by atoms with Gasteiger partial charge in [0.2, 0.25) is 0 Å². The monoisotopic (exact) mass is 154 g/mol. The Balaban J connectivity index is 3.50. The van der Waals surface area contributed by atoms with E-state index in [0.29, 0.717) is 6.04 Å². The van der Waals surface area contributed by atoms with Crippen LogP contribution in [0.15, 0.2) is 24.9 Å². The molecule has 0 rings (SSSR count). The molecule has 2 heteroatoms. The second-order valence-electron chi connectivity index (χ2n) is 2.52. The lowest BCUT2D eigenvalue weighted by molar-refractivity contribution is 0.603. The van der Waals surface area contributed by atoms with Crippen LogP contribution in [0.3, 0.4) is 0 Å². The number of hydrogen-bond donors (Lipinski definition) is 2. The van der Waals surface area contributed by atoms with Crippen molar-refractivity contribution in [2.75, 3.05) is 14.1 Å². The first-order valence-electron chi connectivity index (χ1n) is 3.90. The summed E-state index contributed by atoms with van der Waals surface area (Å²) in [6, 6.07) is 0.403. The summed E-state index contributed by atoms with van der Waals surface area (Å²) >= 11 is 0. The highest BCUT2D eigenvalue weighted by atomic mass is 14.9. The Hall–Kier alpha value is -0.760. The van der Waals surface area contributed by atoms with Crippen LogP contribution in [0.2, 0.25) is 0 Å². The van der Waals surface area contributed by atoms with Crippen molar-refractivity contribution in [3.8, 4) is 0 Å². The summed E-state index contributed by atoms with van der Waals surface area (Å²) in [6.07, 6.45) is 3.97. The molecule has 1 unspecified atom stereocenters. The van der Waals surface area contributed by atoms with Gasteiger partial charge in [-0.25, -0.2) is 0 Å². The van der Waals surface area contributed by atoms with Gasteiger partial charge in [0, 0.05) is 18.8 Å². The molecule has 0 spiro atoms. The first-order chi connectivity index (χ1) is 5.24. The fraction of sp³-hybridized carbons (Fsp3) is 0.556.